The molecule has 0 heterocycles. The van der Waals surface area contributed by atoms with E-state index in [1.807, 2.05) is 6.92 Å². The van der Waals surface area contributed by atoms with E-state index in [2.05, 4.69) is 4.74 Å². The van der Waals surface area contributed by atoms with Crippen LogP contribution in [-0.4, -0.2) is 6.11 Å². The fourth-order valence-corrected chi connectivity index (χ4v) is 4.41. The van der Waals surface area contributed by atoms with E-state index < -0.39 is 52.8 Å². The molecular weight excluding hydrogens is 461 g/mol. The van der Waals surface area contributed by atoms with Gasteiger partial charge in [0.15, 0.2) is 29.1 Å². The van der Waals surface area contributed by atoms with Crippen molar-refractivity contribution in [3.05, 3.63) is 88.7 Å². The van der Waals surface area contributed by atoms with Crippen LogP contribution in [0.4, 0.5) is 30.7 Å². The molecule has 0 radical (unpaired) electrons. The number of hydrogen-bond donors (Lipinski definition) is 0. The number of hydrogen-bond acceptors (Lipinski definition) is 1. The lowest BCUT2D eigenvalue weighted by atomic mass is 9.77. The SMILES string of the molecule is Cc1ccc(-c2ccc(C3CCC(C(F)(F)Oc4cc(F)c(F)c(F)c4)CC3)c(F)c2F)cc1. The molecule has 34 heavy (non-hydrogen) atoms. The summed E-state index contributed by atoms with van der Waals surface area (Å²) in [5.74, 6) is -9.64. The van der Waals surface area contributed by atoms with Gasteiger partial charge in [-0.3, -0.25) is 0 Å². The zero-order valence-electron chi connectivity index (χ0n) is 18.2. The van der Waals surface area contributed by atoms with E-state index in [0.29, 0.717) is 17.7 Å². The molecule has 0 atom stereocenters. The lowest BCUT2D eigenvalue weighted by Crippen LogP contribution is -2.37. The highest BCUT2D eigenvalue weighted by atomic mass is 19.3. The lowest BCUT2D eigenvalue weighted by Gasteiger charge is -2.33. The zero-order valence-corrected chi connectivity index (χ0v) is 18.2. The van der Waals surface area contributed by atoms with Gasteiger partial charge >= 0.3 is 6.11 Å². The summed E-state index contributed by atoms with van der Waals surface area (Å²) in [6.45, 7) is 1.88. The molecule has 1 aliphatic carbocycles. The van der Waals surface area contributed by atoms with Gasteiger partial charge in [0, 0.05) is 17.7 Å². The van der Waals surface area contributed by atoms with Gasteiger partial charge in [0.25, 0.3) is 0 Å². The molecule has 180 valence electrons. The molecule has 1 nitrogen and oxygen atoms in total. The minimum absolute atomic E-state index is 0.0788. The number of rotatable bonds is 5. The average molecular weight is 482 g/mol. The summed E-state index contributed by atoms with van der Waals surface area (Å²) in [7, 11) is 0. The fourth-order valence-electron chi connectivity index (χ4n) is 4.41. The molecule has 1 saturated carbocycles. The second kappa shape index (κ2) is 9.31. The first-order valence-corrected chi connectivity index (χ1v) is 10.8. The molecule has 0 bridgehead atoms. The van der Waals surface area contributed by atoms with E-state index in [4.69, 9.17) is 0 Å². The third kappa shape index (κ3) is 4.76. The quantitative estimate of drug-likeness (QED) is 0.263. The maximum absolute atomic E-state index is 14.9. The molecular formula is C26H21F7O. The van der Waals surface area contributed by atoms with Gasteiger partial charge in [-0.1, -0.05) is 42.0 Å². The van der Waals surface area contributed by atoms with Crippen LogP contribution in [0.15, 0.2) is 48.5 Å². The summed E-state index contributed by atoms with van der Waals surface area (Å²) in [6.07, 6.45) is -3.64. The van der Waals surface area contributed by atoms with Crippen molar-refractivity contribution >= 4 is 0 Å². The topological polar surface area (TPSA) is 9.23 Å². The number of alkyl halides is 2. The van der Waals surface area contributed by atoms with Crippen LogP contribution in [0.5, 0.6) is 5.75 Å². The molecule has 8 heteroatoms. The largest absolute Gasteiger partial charge is 0.432 e. The maximum Gasteiger partial charge on any atom is 0.400 e. The molecule has 1 aliphatic rings. The monoisotopic (exact) mass is 482 g/mol. The van der Waals surface area contributed by atoms with Gasteiger partial charge in [0.2, 0.25) is 0 Å². The number of ether oxygens (including phenoxy) is 1. The Bertz CT molecular complexity index is 1160. The molecule has 0 aromatic heterocycles. The molecule has 4 rings (SSSR count). The second-order valence-electron chi connectivity index (χ2n) is 8.61. The van der Waals surface area contributed by atoms with Crippen LogP contribution in [0.25, 0.3) is 11.1 Å². The van der Waals surface area contributed by atoms with Gasteiger partial charge in [-0.2, -0.15) is 8.78 Å². The smallest absolute Gasteiger partial charge is 0.400 e. The Morgan fingerprint density at radius 3 is 1.91 bits per heavy atom. The highest BCUT2D eigenvalue weighted by molar-refractivity contribution is 5.65. The van der Waals surface area contributed by atoms with Gasteiger partial charge in [0.05, 0.1) is 5.92 Å². The Kier molecular flexibility index (Phi) is 6.60. The van der Waals surface area contributed by atoms with Crippen molar-refractivity contribution in [2.45, 2.75) is 44.6 Å². The summed E-state index contributed by atoms with van der Waals surface area (Å²) in [6, 6.07) is 10.6. The molecule has 1 fully saturated rings. The normalized spacial score (nSPS) is 18.7. The predicted molar refractivity (Wildman–Crippen MR) is 113 cm³/mol. The Balaban J connectivity index is 1.46. The first kappa shape index (κ1) is 24.1. The van der Waals surface area contributed by atoms with Crippen molar-refractivity contribution in [3.8, 4) is 16.9 Å². The van der Waals surface area contributed by atoms with E-state index in [0.717, 1.165) is 5.56 Å². The summed E-state index contributed by atoms with van der Waals surface area (Å²) in [4.78, 5) is 0. The third-order valence-corrected chi connectivity index (χ3v) is 6.33. The molecule has 0 saturated heterocycles. The third-order valence-electron chi connectivity index (χ3n) is 6.33. The number of aryl methyl sites for hydroxylation is 1. The van der Waals surface area contributed by atoms with Crippen LogP contribution >= 0.6 is 0 Å². The average Bonchev–Trinajstić information content (AvgIpc) is 2.80. The van der Waals surface area contributed by atoms with Crippen LogP contribution in [0.1, 0.15) is 42.7 Å². The zero-order chi connectivity index (χ0) is 24.6. The van der Waals surface area contributed by atoms with Gasteiger partial charge in [0.1, 0.15) is 5.75 Å². The summed E-state index contributed by atoms with van der Waals surface area (Å²) in [5, 5.41) is 0. The number of benzene rings is 3. The van der Waals surface area contributed by atoms with Gasteiger partial charge in [-0.15, -0.1) is 0 Å². The molecule has 0 aliphatic heterocycles. The molecule has 3 aromatic rings. The first-order chi connectivity index (χ1) is 16.1. The van der Waals surface area contributed by atoms with Crippen LogP contribution in [0, 0.1) is 41.9 Å². The van der Waals surface area contributed by atoms with Crippen LogP contribution in [0.2, 0.25) is 0 Å². The second-order valence-corrected chi connectivity index (χ2v) is 8.61. The van der Waals surface area contributed by atoms with Crippen molar-refractivity contribution in [3.63, 3.8) is 0 Å². The molecule has 0 amide bonds. The van der Waals surface area contributed by atoms with Gasteiger partial charge in [-0.25, -0.2) is 22.0 Å². The highest BCUT2D eigenvalue weighted by Gasteiger charge is 2.44. The molecule has 0 N–H and O–H groups in total. The van der Waals surface area contributed by atoms with E-state index in [1.54, 1.807) is 24.3 Å². The Hall–Kier alpha value is -3.03. The summed E-state index contributed by atoms with van der Waals surface area (Å²) >= 11 is 0. The molecule has 3 aromatic carbocycles. The maximum atomic E-state index is 14.9. The predicted octanol–water partition coefficient (Wildman–Crippen LogP) is 8.30. The van der Waals surface area contributed by atoms with Crippen LogP contribution in [-0.2, 0) is 0 Å². The lowest BCUT2D eigenvalue weighted by molar-refractivity contribution is -0.222. The van der Waals surface area contributed by atoms with Crippen molar-refractivity contribution in [2.75, 3.05) is 0 Å². The van der Waals surface area contributed by atoms with E-state index in [9.17, 15) is 30.7 Å². The van der Waals surface area contributed by atoms with Crippen molar-refractivity contribution in [2.24, 2.45) is 5.92 Å². The van der Waals surface area contributed by atoms with Crippen LogP contribution < -0.4 is 4.74 Å². The Morgan fingerprint density at radius 1 is 0.735 bits per heavy atom. The Morgan fingerprint density at radius 2 is 1.32 bits per heavy atom. The van der Waals surface area contributed by atoms with Crippen molar-refractivity contribution < 1.29 is 35.5 Å². The molecule has 0 unspecified atom stereocenters. The van der Waals surface area contributed by atoms with Crippen molar-refractivity contribution in [1.82, 2.24) is 0 Å². The van der Waals surface area contributed by atoms with E-state index in [-0.39, 0.29) is 36.8 Å². The summed E-state index contributed by atoms with van der Waals surface area (Å²) in [5.41, 5.74) is 1.75. The van der Waals surface area contributed by atoms with Gasteiger partial charge in [-0.05, 0) is 49.7 Å². The first-order valence-electron chi connectivity index (χ1n) is 10.8. The van der Waals surface area contributed by atoms with Gasteiger partial charge < -0.3 is 4.74 Å². The van der Waals surface area contributed by atoms with E-state index >= 15 is 0 Å². The Labute approximate surface area is 192 Å². The fraction of sp³-hybridized carbons (Fsp3) is 0.308. The number of halogens is 7. The van der Waals surface area contributed by atoms with Crippen molar-refractivity contribution in [1.29, 1.82) is 0 Å². The molecule has 0 spiro atoms. The summed E-state index contributed by atoms with van der Waals surface area (Å²) < 4.78 is 103. The van der Waals surface area contributed by atoms with Crippen LogP contribution in [0.3, 0.4) is 0 Å². The minimum Gasteiger partial charge on any atom is -0.432 e. The standard InChI is InChI=1S/C26H21F7O/c1-14-2-4-15(5-3-14)19-10-11-20(24(30)23(19)29)16-6-8-17(9-7-16)26(32,33)34-18-12-21(27)25(31)22(28)13-18/h2-5,10-13,16-17H,6-9H2,1H3. The van der Waals surface area contributed by atoms with E-state index in [1.165, 1.54) is 12.1 Å². The minimum atomic E-state index is -3.78. The highest BCUT2D eigenvalue weighted by Crippen LogP contribution is 2.44.